The summed E-state index contributed by atoms with van der Waals surface area (Å²) in [5.74, 6) is -0.620. The minimum absolute atomic E-state index is 0.0730. The average Bonchev–Trinajstić information content (AvgIpc) is 2.82. The molecule has 0 spiro atoms. The summed E-state index contributed by atoms with van der Waals surface area (Å²) in [5, 5.41) is 18.1. The van der Waals surface area contributed by atoms with Crippen LogP contribution in [-0.4, -0.2) is 46.7 Å². The number of amides is 1. The van der Waals surface area contributed by atoms with Crippen LogP contribution < -0.4 is 0 Å². The Kier molecular flexibility index (Phi) is 3.38. The molecular weight excluding hydrogens is 222 g/mol. The number of nitrogens with zero attached hydrogens (tertiary/aromatic N) is 1. The second kappa shape index (κ2) is 4.64. The summed E-state index contributed by atoms with van der Waals surface area (Å²) >= 11 is 0. The number of carbonyl (C=O) groups excluding carboxylic acids is 1. The van der Waals surface area contributed by atoms with Crippen molar-refractivity contribution in [3.05, 3.63) is 0 Å². The number of carbonyl (C=O) groups is 2. The third-order valence-corrected chi connectivity index (χ3v) is 4.26. The Morgan fingerprint density at radius 1 is 1.35 bits per heavy atom. The first kappa shape index (κ1) is 12.4. The molecule has 2 unspecified atom stereocenters. The number of carboxylic acid groups (broad SMARTS) is 1. The zero-order chi connectivity index (χ0) is 12.5. The van der Waals surface area contributed by atoms with E-state index in [-0.39, 0.29) is 30.8 Å². The fourth-order valence-electron chi connectivity index (χ4n) is 3.23. The van der Waals surface area contributed by atoms with Crippen molar-refractivity contribution in [1.82, 2.24) is 4.90 Å². The molecule has 0 aromatic heterocycles. The van der Waals surface area contributed by atoms with Gasteiger partial charge in [-0.2, -0.15) is 0 Å². The Balaban J connectivity index is 1.93. The lowest BCUT2D eigenvalue weighted by molar-refractivity contribution is -0.140. The van der Waals surface area contributed by atoms with Gasteiger partial charge in [0.15, 0.2) is 0 Å². The van der Waals surface area contributed by atoms with Gasteiger partial charge in [0.2, 0.25) is 5.91 Å². The molecule has 2 fully saturated rings. The zero-order valence-corrected chi connectivity index (χ0v) is 9.89. The highest BCUT2D eigenvalue weighted by Crippen LogP contribution is 2.48. The maximum Gasteiger partial charge on any atom is 0.303 e. The Morgan fingerprint density at radius 2 is 2.12 bits per heavy atom. The summed E-state index contributed by atoms with van der Waals surface area (Å²) in [6.07, 6.45) is 3.15. The normalized spacial score (nSPS) is 31.6. The molecule has 1 aliphatic heterocycles. The van der Waals surface area contributed by atoms with E-state index in [9.17, 15) is 14.7 Å². The number of aliphatic hydroxyl groups is 1. The molecule has 1 amide bonds. The monoisotopic (exact) mass is 241 g/mol. The first-order valence-electron chi connectivity index (χ1n) is 6.18. The van der Waals surface area contributed by atoms with Crippen molar-refractivity contribution >= 4 is 11.9 Å². The molecule has 1 heterocycles. The lowest BCUT2D eigenvalue weighted by atomic mass is 9.82. The maximum atomic E-state index is 11.8. The van der Waals surface area contributed by atoms with E-state index in [1.165, 1.54) is 0 Å². The van der Waals surface area contributed by atoms with E-state index in [0.29, 0.717) is 19.0 Å². The van der Waals surface area contributed by atoms with Gasteiger partial charge in [-0.25, -0.2) is 0 Å². The quantitative estimate of drug-likeness (QED) is 0.750. The number of aliphatic carboxylic acids is 1. The van der Waals surface area contributed by atoms with E-state index >= 15 is 0 Å². The summed E-state index contributed by atoms with van der Waals surface area (Å²) < 4.78 is 0. The van der Waals surface area contributed by atoms with Gasteiger partial charge >= 0.3 is 5.97 Å². The summed E-state index contributed by atoms with van der Waals surface area (Å²) in [5.41, 5.74) is -0.0983. The molecule has 1 saturated heterocycles. The highest BCUT2D eigenvalue weighted by Gasteiger charge is 2.49. The number of hydrogen-bond acceptors (Lipinski definition) is 3. The molecule has 0 radical (unpaired) electrons. The minimum atomic E-state index is -0.936. The van der Waals surface area contributed by atoms with Gasteiger partial charge in [-0.1, -0.05) is 6.42 Å². The van der Waals surface area contributed by atoms with E-state index in [1.54, 1.807) is 4.90 Å². The van der Waals surface area contributed by atoms with Crippen molar-refractivity contribution in [3.63, 3.8) is 0 Å². The predicted octanol–water partition coefficient (Wildman–Crippen LogP) is 0.472. The van der Waals surface area contributed by atoms with Crippen LogP contribution in [-0.2, 0) is 9.59 Å². The van der Waals surface area contributed by atoms with Gasteiger partial charge in [0.05, 0.1) is 13.0 Å². The van der Waals surface area contributed by atoms with Gasteiger partial charge in [0.25, 0.3) is 0 Å². The van der Waals surface area contributed by atoms with Gasteiger partial charge < -0.3 is 15.1 Å². The molecule has 1 saturated carbocycles. The Labute approximate surface area is 100 Å². The van der Waals surface area contributed by atoms with E-state index < -0.39 is 5.97 Å². The molecular formula is C12H19NO4. The molecule has 0 aromatic carbocycles. The molecule has 96 valence electrons. The third-order valence-electron chi connectivity index (χ3n) is 4.26. The zero-order valence-electron chi connectivity index (χ0n) is 9.89. The van der Waals surface area contributed by atoms with E-state index in [0.717, 1.165) is 19.3 Å². The molecule has 2 N–H and O–H groups in total. The number of rotatable bonds is 4. The van der Waals surface area contributed by atoms with E-state index in [4.69, 9.17) is 5.11 Å². The fourth-order valence-corrected chi connectivity index (χ4v) is 3.23. The van der Waals surface area contributed by atoms with Gasteiger partial charge in [-0.15, -0.1) is 0 Å². The summed E-state index contributed by atoms with van der Waals surface area (Å²) in [6.45, 7) is 1.44. The molecule has 2 atom stereocenters. The number of carboxylic acids is 1. The van der Waals surface area contributed by atoms with Gasteiger partial charge in [-0.05, 0) is 18.8 Å². The standard InChI is InChI=1S/C12H19NO4/c14-8-12-5-1-2-9(12)6-13(7-12)10(15)3-4-11(16)17/h9,14H,1-8H2,(H,16,17). The van der Waals surface area contributed by atoms with Crippen molar-refractivity contribution < 1.29 is 19.8 Å². The SMILES string of the molecule is O=C(O)CCC(=O)N1CC2CCCC2(CO)C1. The number of fused-ring (bicyclic) bond motifs is 1. The number of hydrogen-bond donors (Lipinski definition) is 2. The number of aliphatic hydroxyl groups excluding tert-OH is 1. The van der Waals surface area contributed by atoms with Crippen LogP contribution in [0.1, 0.15) is 32.1 Å². The largest absolute Gasteiger partial charge is 0.481 e. The molecule has 2 rings (SSSR count). The summed E-state index contributed by atoms with van der Waals surface area (Å²) in [4.78, 5) is 24.0. The van der Waals surface area contributed by atoms with Crippen molar-refractivity contribution in [2.24, 2.45) is 11.3 Å². The van der Waals surface area contributed by atoms with Crippen LogP contribution in [0.2, 0.25) is 0 Å². The molecule has 5 nitrogen and oxygen atoms in total. The van der Waals surface area contributed by atoms with E-state index in [2.05, 4.69) is 0 Å². The lowest BCUT2D eigenvalue weighted by Crippen LogP contribution is -2.34. The highest BCUT2D eigenvalue weighted by atomic mass is 16.4. The second-order valence-electron chi connectivity index (χ2n) is 5.28. The van der Waals surface area contributed by atoms with Crippen LogP contribution in [0.4, 0.5) is 0 Å². The summed E-state index contributed by atoms with van der Waals surface area (Å²) in [7, 11) is 0. The van der Waals surface area contributed by atoms with Crippen LogP contribution in [0.25, 0.3) is 0 Å². The van der Waals surface area contributed by atoms with E-state index in [1.807, 2.05) is 0 Å². The first-order valence-corrected chi connectivity index (χ1v) is 6.18. The third kappa shape index (κ3) is 2.29. The fraction of sp³-hybridized carbons (Fsp3) is 0.833. The predicted molar refractivity (Wildman–Crippen MR) is 60.3 cm³/mol. The van der Waals surface area contributed by atoms with Crippen LogP contribution in [0.15, 0.2) is 0 Å². The van der Waals surface area contributed by atoms with Crippen molar-refractivity contribution in [1.29, 1.82) is 0 Å². The van der Waals surface area contributed by atoms with Crippen LogP contribution in [0.5, 0.6) is 0 Å². The highest BCUT2D eigenvalue weighted by molar-refractivity contribution is 5.81. The Morgan fingerprint density at radius 3 is 2.71 bits per heavy atom. The lowest BCUT2D eigenvalue weighted by Gasteiger charge is -2.25. The van der Waals surface area contributed by atoms with Crippen LogP contribution in [0, 0.1) is 11.3 Å². The van der Waals surface area contributed by atoms with Crippen LogP contribution >= 0.6 is 0 Å². The first-order chi connectivity index (χ1) is 8.07. The molecule has 5 heteroatoms. The molecule has 2 aliphatic rings. The molecule has 0 aromatic rings. The molecule has 0 bridgehead atoms. The van der Waals surface area contributed by atoms with Crippen molar-refractivity contribution in [2.45, 2.75) is 32.1 Å². The average molecular weight is 241 g/mol. The maximum absolute atomic E-state index is 11.8. The smallest absolute Gasteiger partial charge is 0.303 e. The second-order valence-corrected chi connectivity index (χ2v) is 5.28. The Hall–Kier alpha value is -1.10. The Bertz CT molecular complexity index is 330. The number of likely N-dealkylation sites (tertiary alicyclic amines) is 1. The van der Waals surface area contributed by atoms with Gasteiger partial charge in [0, 0.05) is 24.9 Å². The van der Waals surface area contributed by atoms with Crippen molar-refractivity contribution in [2.75, 3.05) is 19.7 Å². The van der Waals surface area contributed by atoms with Crippen LogP contribution in [0.3, 0.4) is 0 Å². The minimum Gasteiger partial charge on any atom is -0.481 e. The molecule has 1 aliphatic carbocycles. The topological polar surface area (TPSA) is 77.8 Å². The van der Waals surface area contributed by atoms with Crippen molar-refractivity contribution in [3.8, 4) is 0 Å². The summed E-state index contributed by atoms with van der Waals surface area (Å²) in [6, 6.07) is 0. The van der Waals surface area contributed by atoms with Gasteiger partial charge in [-0.3, -0.25) is 9.59 Å². The molecule has 17 heavy (non-hydrogen) atoms. The van der Waals surface area contributed by atoms with Gasteiger partial charge in [0.1, 0.15) is 0 Å².